The standard InChI is InChI=1S/C15H19NO2S2/c1-20(17,18)10-9-19-11-15(16)14-8-4-6-12-5-2-3-7-13(12)14/h2-8,15H,9-11,16H2,1H3. The van der Waals surface area contributed by atoms with E-state index in [1.807, 2.05) is 24.3 Å². The Kier molecular flexibility index (Phi) is 5.07. The number of fused-ring (bicyclic) bond motifs is 1. The molecule has 3 nitrogen and oxygen atoms in total. The third-order valence-electron chi connectivity index (χ3n) is 3.12. The molecule has 0 saturated carbocycles. The monoisotopic (exact) mass is 309 g/mol. The highest BCUT2D eigenvalue weighted by Crippen LogP contribution is 2.25. The molecule has 1 atom stereocenters. The first-order valence-electron chi connectivity index (χ1n) is 6.46. The van der Waals surface area contributed by atoms with Crippen molar-refractivity contribution in [3.8, 4) is 0 Å². The van der Waals surface area contributed by atoms with Crippen molar-refractivity contribution in [2.75, 3.05) is 23.5 Å². The summed E-state index contributed by atoms with van der Waals surface area (Å²) in [4.78, 5) is 0. The molecule has 2 N–H and O–H groups in total. The number of hydrogen-bond donors (Lipinski definition) is 1. The van der Waals surface area contributed by atoms with Gasteiger partial charge in [-0.15, -0.1) is 0 Å². The Labute approximate surface area is 124 Å². The Bertz CT molecular complexity index is 678. The number of hydrogen-bond acceptors (Lipinski definition) is 4. The van der Waals surface area contributed by atoms with Gasteiger partial charge in [-0.25, -0.2) is 8.42 Å². The van der Waals surface area contributed by atoms with Gasteiger partial charge >= 0.3 is 0 Å². The summed E-state index contributed by atoms with van der Waals surface area (Å²) in [5, 5.41) is 2.35. The van der Waals surface area contributed by atoms with E-state index in [2.05, 4.69) is 18.2 Å². The first-order chi connectivity index (χ1) is 9.47. The molecule has 0 fully saturated rings. The van der Waals surface area contributed by atoms with Crippen molar-refractivity contribution in [1.29, 1.82) is 0 Å². The van der Waals surface area contributed by atoms with E-state index in [1.54, 1.807) is 11.8 Å². The lowest BCUT2D eigenvalue weighted by Gasteiger charge is -2.14. The smallest absolute Gasteiger partial charge is 0.148 e. The summed E-state index contributed by atoms with van der Waals surface area (Å²) < 4.78 is 22.2. The predicted octanol–water partition coefficient (Wildman–Crippen LogP) is 2.62. The predicted molar refractivity (Wildman–Crippen MR) is 87.9 cm³/mol. The van der Waals surface area contributed by atoms with Crippen molar-refractivity contribution >= 4 is 32.4 Å². The van der Waals surface area contributed by atoms with Gasteiger partial charge in [-0.1, -0.05) is 42.5 Å². The molecule has 0 aliphatic rings. The summed E-state index contributed by atoms with van der Waals surface area (Å²) >= 11 is 1.59. The van der Waals surface area contributed by atoms with Crippen LogP contribution in [-0.4, -0.2) is 31.9 Å². The van der Waals surface area contributed by atoms with Gasteiger partial charge in [-0.3, -0.25) is 0 Å². The SMILES string of the molecule is CS(=O)(=O)CCSCC(N)c1cccc2ccccc12. The van der Waals surface area contributed by atoms with E-state index in [0.717, 1.165) is 11.3 Å². The molecule has 0 bridgehead atoms. The van der Waals surface area contributed by atoms with Crippen molar-refractivity contribution in [2.45, 2.75) is 6.04 Å². The molecule has 2 aromatic rings. The Hall–Kier alpha value is -1.04. The molecule has 0 spiro atoms. The lowest BCUT2D eigenvalue weighted by Crippen LogP contribution is -2.15. The molecule has 20 heavy (non-hydrogen) atoms. The van der Waals surface area contributed by atoms with Crippen LogP contribution in [0.15, 0.2) is 42.5 Å². The van der Waals surface area contributed by atoms with Crippen LogP contribution in [0.2, 0.25) is 0 Å². The highest BCUT2D eigenvalue weighted by atomic mass is 32.2. The van der Waals surface area contributed by atoms with Crippen LogP contribution in [0.25, 0.3) is 10.8 Å². The molecule has 2 rings (SSSR count). The summed E-state index contributed by atoms with van der Waals surface area (Å²) in [5.41, 5.74) is 7.36. The van der Waals surface area contributed by atoms with E-state index >= 15 is 0 Å². The van der Waals surface area contributed by atoms with Crippen LogP contribution in [-0.2, 0) is 9.84 Å². The molecule has 0 heterocycles. The zero-order valence-electron chi connectivity index (χ0n) is 11.5. The summed E-state index contributed by atoms with van der Waals surface area (Å²) in [7, 11) is -2.88. The van der Waals surface area contributed by atoms with Crippen molar-refractivity contribution in [3.05, 3.63) is 48.0 Å². The maximum absolute atomic E-state index is 11.1. The second-order valence-electron chi connectivity index (χ2n) is 4.88. The first kappa shape index (κ1) is 15.4. The minimum absolute atomic E-state index is 0.0781. The maximum Gasteiger partial charge on any atom is 0.148 e. The molecule has 0 amide bonds. The Morgan fingerprint density at radius 3 is 2.60 bits per heavy atom. The van der Waals surface area contributed by atoms with Gasteiger partial charge in [0.05, 0.1) is 5.75 Å². The Balaban J connectivity index is 2.03. The zero-order valence-corrected chi connectivity index (χ0v) is 13.1. The van der Waals surface area contributed by atoms with Crippen molar-refractivity contribution in [3.63, 3.8) is 0 Å². The Morgan fingerprint density at radius 1 is 1.15 bits per heavy atom. The minimum atomic E-state index is -2.88. The fourth-order valence-electron chi connectivity index (χ4n) is 2.08. The van der Waals surface area contributed by atoms with Crippen LogP contribution >= 0.6 is 11.8 Å². The zero-order chi connectivity index (χ0) is 14.6. The molecule has 0 saturated heterocycles. The van der Waals surface area contributed by atoms with E-state index in [-0.39, 0.29) is 11.8 Å². The molecule has 0 radical (unpaired) electrons. The lowest BCUT2D eigenvalue weighted by atomic mass is 10.0. The molecule has 5 heteroatoms. The summed E-state index contributed by atoms with van der Waals surface area (Å²) in [6.07, 6.45) is 1.26. The van der Waals surface area contributed by atoms with Gasteiger partial charge in [0.15, 0.2) is 0 Å². The summed E-state index contributed by atoms with van der Waals surface area (Å²) in [5.74, 6) is 1.53. The van der Waals surface area contributed by atoms with Crippen LogP contribution in [0, 0.1) is 0 Å². The van der Waals surface area contributed by atoms with Crippen molar-refractivity contribution in [1.82, 2.24) is 0 Å². The normalized spacial score (nSPS) is 13.5. The molecule has 0 aromatic heterocycles. The number of rotatable bonds is 6. The van der Waals surface area contributed by atoms with E-state index < -0.39 is 9.84 Å². The van der Waals surface area contributed by atoms with Gasteiger partial charge in [0, 0.05) is 23.8 Å². The van der Waals surface area contributed by atoms with E-state index in [0.29, 0.717) is 5.75 Å². The second kappa shape index (κ2) is 6.61. The van der Waals surface area contributed by atoms with Gasteiger partial charge in [0.2, 0.25) is 0 Å². The van der Waals surface area contributed by atoms with Crippen molar-refractivity contribution < 1.29 is 8.42 Å². The summed E-state index contributed by atoms with van der Waals surface area (Å²) in [6, 6.07) is 14.2. The molecule has 0 aliphatic heterocycles. The molecule has 0 aliphatic carbocycles. The van der Waals surface area contributed by atoms with Crippen LogP contribution < -0.4 is 5.73 Å². The fraction of sp³-hybridized carbons (Fsp3) is 0.333. The van der Waals surface area contributed by atoms with E-state index in [1.165, 1.54) is 17.0 Å². The van der Waals surface area contributed by atoms with E-state index in [9.17, 15) is 8.42 Å². The molecular formula is C15H19NO2S2. The topological polar surface area (TPSA) is 60.2 Å². The van der Waals surface area contributed by atoms with Gasteiger partial charge in [-0.2, -0.15) is 11.8 Å². The Morgan fingerprint density at radius 2 is 1.85 bits per heavy atom. The second-order valence-corrected chi connectivity index (χ2v) is 8.29. The average molecular weight is 309 g/mol. The number of nitrogens with two attached hydrogens (primary N) is 1. The highest BCUT2D eigenvalue weighted by molar-refractivity contribution is 8.00. The molecule has 2 aromatic carbocycles. The van der Waals surface area contributed by atoms with Gasteiger partial charge in [0.1, 0.15) is 9.84 Å². The number of thioether (sulfide) groups is 1. The minimum Gasteiger partial charge on any atom is -0.323 e. The molecule has 1 unspecified atom stereocenters. The third-order valence-corrected chi connectivity index (χ3v) is 5.41. The van der Waals surface area contributed by atoms with Crippen LogP contribution in [0.4, 0.5) is 0 Å². The fourth-order valence-corrected chi connectivity index (χ4v) is 4.37. The van der Waals surface area contributed by atoms with Gasteiger partial charge in [0.25, 0.3) is 0 Å². The largest absolute Gasteiger partial charge is 0.323 e. The number of benzene rings is 2. The maximum atomic E-state index is 11.1. The average Bonchev–Trinajstić information content (AvgIpc) is 2.41. The summed E-state index contributed by atoms with van der Waals surface area (Å²) in [6.45, 7) is 0. The quantitative estimate of drug-likeness (QED) is 0.833. The van der Waals surface area contributed by atoms with Gasteiger partial charge < -0.3 is 5.73 Å². The van der Waals surface area contributed by atoms with Gasteiger partial charge in [-0.05, 0) is 16.3 Å². The van der Waals surface area contributed by atoms with E-state index in [4.69, 9.17) is 5.73 Å². The van der Waals surface area contributed by atoms with Crippen LogP contribution in [0.3, 0.4) is 0 Å². The highest BCUT2D eigenvalue weighted by Gasteiger charge is 2.10. The number of sulfone groups is 1. The van der Waals surface area contributed by atoms with Crippen LogP contribution in [0.5, 0.6) is 0 Å². The molecular weight excluding hydrogens is 290 g/mol. The van der Waals surface area contributed by atoms with Crippen LogP contribution in [0.1, 0.15) is 11.6 Å². The third kappa shape index (κ3) is 4.23. The molecule has 108 valence electrons. The van der Waals surface area contributed by atoms with Crippen molar-refractivity contribution in [2.24, 2.45) is 5.73 Å². The lowest BCUT2D eigenvalue weighted by molar-refractivity contribution is 0.603. The first-order valence-corrected chi connectivity index (χ1v) is 9.67.